The van der Waals surface area contributed by atoms with Crippen LogP contribution in [0.3, 0.4) is 0 Å². The van der Waals surface area contributed by atoms with Gasteiger partial charge in [0.15, 0.2) is 0 Å². The molecule has 1 aromatic carbocycles. The number of nitrogens with zero attached hydrogens (tertiary/aromatic N) is 1. The molecule has 0 bridgehead atoms. The molecule has 0 radical (unpaired) electrons. The molecule has 0 spiro atoms. The molecule has 0 amide bonds. The monoisotopic (exact) mass is 298 g/mol. The highest BCUT2D eigenvalue weighted by Gasteiger charge is 2.22. The molecule has 21 heavy (non-hydrogen) atoms. The molecule has 0 fully saturated rings. The largest absolute Gasteiger partial charge is 0.497 e. The molecule has 3 heterocycles. The Balaban J connectivity index is 1.87. The van der Waals surface area contributed by atoms with Crippen LogP contribution in [0, 0.1) is 0 Å². The van der Waals surface area contributed by atoms with Crippen molar-refractivity contribution in [2.24, 2.45) is 0 Å². The first-order chi connectivity index (χ1) is 10.3. The van der Waals surface area contributed by atoms with Crippen molar-refractivity contribution in [3.63, 3.8) is 0 Å². The van der Waals surface area contributed by atoms with E-state index in [4.69, 9.17) is 14.9 Å². The van der Waals surface area contributed by atoms with Crippen LogP contribution in [-0.2, 0) is 6.42 Å². The van der Waals surface area contributed by atoms with E-state index in [0.29, 0.717) is 11.5 Å². The lowest BCUT2D eigenvalue weighted by Crippen LogP contribution is -1.96. The second-order valence-electron chi connectivity index (χ2n) is 4.96. The number of hydrogen-bond acceptors (Lipinski definition) is 5. The Bertz CT molecular complexity index is 824. The normalized spacial score (nSPS) is 13.6. The highest BCUT2D eigenvalue weighted by atomic mass is 32.2. The molecule has 2 aromatic heterocycles. The molecule has 106 valence electrons. The minimum Gasteiger partial charge on any atom is -0.497 e. The van der Waals surface area contributed by atoms with Crippen molar-refractivity contribution >= 4 is 28.7 Å². The number of rotatable bonds is 2. The van der Waals surface area contributed by atoms with Crippen molar-refractivity contribution < 1.29 is 9.15 Å². The van der Waals surface area contributed by atoms with Gasteiger partial charge in [0, 0.05) is 21.8 Å². The van der Waals surface area contributed by atoms with Gasteiger partial charge in [0.25, 0.3) is 0 Å². The molecule has 4 rings (SSSR count). The Labute approximate surface area is 126 Å². The highest BCUT2D eigenvalue weighted by molar-refractivity contribution is 7.99. The topological polar surface area (TPSA) is 61.3 Å². The summed E-state index contributed by atoms with van der Waals surface area (Å²) in [6.45, 7) is 0. The molecule has 0 aliphatic carbocycles. The number of nitrogen functional groups attached to an aromatic ring is 1. The summed E-state index contributed by atoms with van der Waals surface area (Å²) < 4.78 is 11.1. The summed E-state index contributed by atoms with van der Waals surface area (Å²) in [6.07, 6.45) is 0.984. The standard InChI is InChI=1S/C16H14N2O2S/c1-19-10-4-2-9(3-5-10)13-8-12-14-11(6-7-21-14)15(17)18-16(12)20-13/h2-5,8H,6-7H2,1H3,(H2,17,18). The molecule has 3 aromatic rings. The lowest BCUT2D eigenvalue weighted by molar-refractivity contribution is 0.415. The number of pyridine rings is 1. The summed E-state index contributed by atoms with van der Waals surface area (Å²) in [6, 6.07) is 9.86. The average Bonchev–Trinajstić information content (AvgIpc) is 3.13. The molecular formula is C16H14N2O2S. The van der Waals surface area contributed by atoms with E-state index in [1.165, 1.54) is 4.90 Å². The van der Waals surface area contributed by atoms with Crippen LogP contribution in [-0.4, -0.2) is 17.8 Å². The number of nitrogens with two attached hydrogens (primary N) is 1. The van der Waals surface area contributed by atoms with E-state index < -0.39 is 0 Å². The number of fused-ring (bicyclic) bond motifs is 3. The minimum absolute atomic E-state index is 0.595. The Morgan fingerprint density at radius 2 is 2.10 bits per heavy atom. The van der Waals surface area contributed by atoms with Crippen LogP contribution < -0.4 is 10.5 Å². The smallest absolute Gasteiger partial charge is 0.229 e. The van der Waals surface area contributed by atoms with Gasteiger partial charge >= 0.3 is 0 Å². The number of anilines is 1. The van der Waals surface area contributed by atoms with Gasteiger partial charge in [-0.3, -0.25) is 0 Å². The van der Waals surface area contributed by atoms with Crippen LogP contribution in [0.4, 0.5) is 5.82 Å². The van der Waals surface area contributed by atoms with Gasteiger partial charge in [-0.25, -0.2) is 0 Å². The van der Waals surface area contributed by atoms with E-state index in [0.717, 1.165) is 40.2 Å². The van der Waals surface area contributed by atoms with Crippen molar-refractivity contribution in [3.8, 4) is 17.1 Å². The third-order valence-electron chi connectivity index (χ3n) is 3.74. The second-order valence-corrected chi connectivity index (χ2v) is 6.07. The average molecular weight is 298 g/mol. The highest BCUT2D eigenvalue weighted by Crippen LogP contribution is 2.41. The second kappa shape index (κ2) is 4.70. The summed E-state index contributed by atoms with van der Waals surface area (Å²) in [5, 5.41) is 1.06. The first-order valence-corrected chi connectivity index (χ1v) is 7.74. The lowest BCUT2D eigenvalue weighted by atomic mass is 10.1. The predicted octanol–water partition coefficient (Wildman–Crippen LogP) is 3.73. The van der Waals surface area contributed by atoms with Crippen LogP contribution in [0.25, 0.3) is 22.4 Å². The summed E-state index contributed by atoms with van der Waals surface area (Å²) in [5.41, 5.74) is 8.81. The summed E-state index contributed by atoms with van der Waals surface area (Å²) in [4.78, 5) is 5.62. The van der Waals surface area contributed by atoms with Gasteiger partial charge in [-0.2, -0.15) is 4.98 Å². The van der Waals surface area contributed by atoms with E-state index in [1.807, 2.05) is 36.0 Å². The van der Waals surface area contributed by atoms with Crippen molar-refractivity contribution in [2.45, 2.75) is 11.3 Å². The van der Waals surface area contributed by atoms with Crippen LogP contribution in [0.15, 0.2) is 39.6 Å². The Morgan fingerprint density at radius 3 is 2.86 bits per heavy atom. The summed E-state index contributed by atoms with van der Waals surface area (Å²) in [7, 11) is 1.66. The molecular weight excluding hydrogens is 284 g/mol. The lowest BCUT2D eigenvalue weighted by Gasteiger charge is -2.01. The molecule has 2 N–H and O–H groups in total. The maximum absolute atomic E-state index is 6.02. The van der Waals surface area contributed by atoms with E-state index >= 15 is 0 Å². The van der Waals surface area contributed by atoms with Crippen molar-refractivity contribution in [2.75, 3.05) is 18.6 Å². The molecule has 4 nitrogen and oxygen atoms in total. The van der Waals surface area contributed by atoms with Crippen molar-refractivity contribution in [1.29, 1.82) is 0 Å². The molecule has 0 saturated carbocycles. The number of methoxy groups -OCH3 is 1. The third-order valence-corrected chi connectivity index (χ3v) is 4.90. The number of benzene rings is 1. The maximum atomic E-state index is 6.02. The zero-order valence-corrected chi connectivity index (χ0v) is 12.4. The molecule has 1 aliphatic heterocycles. The Morgan fingerprint density at radius 1 is 1.29 bits per heavy atom. The fraction of sp³-hybridized carbons (Fsp3) is 0.188. The molecule has 1 aliphatic rings. The number of furan rings is 1. The first kappa shape index (κ1) is 12.6. The quantitative estimate of drug-likeness (QED) is 0.781. The van der Waals surface area contributed by atoms with Crippen molar-refractivity contribution in [3.05, 3.63) is 35.9 Å². The van der Waals surface area contributed by atoms with Crippen LogP contribution in [0.1, 0.15) is 5.56 Å². The van der Waals surface area contributed by atoms with Gasteiger partial charge in [0.1, 0.15) is 17.3 Å². The predicted molar refractivity (Wildman–Crippen MR) is 84.8 cm³/mol. The molecule has 5 heteroatoms. The van der Waals surface area contributed by atoms with Gasteiger partial charge in [-0.1, -0.05) is 0 Å². The molecule has 0 atom stereocenters. The van der Waals surface area contributed by atoms with Gasteiger partial charge < -0.3 is 14.9 Å². The SMILES string of the molecule is COc1ccc(-c2cc3c4c(c(N)nc3o2)CCS4)cc1. The van der Waals surface area contributed by atoms with Crippen molar-refractivity contribution in [1.82, 2.24) is 4.98 Å². The number of thioether (sulfide) groups is 1. The van der Waals surface area contributed by atoms with Gasteiger partial charge in [-0.05, 0) is 36.8 Å². The van der Waals surface area contributed by atoms with Gasteiger partial charge in [0.2, 0.25) is 5.71 Å². The van der Waals surface area contributed by atoms with E-state index in [1.54, 1.807) is 7.11 Å². The third kappa shape index (κ3) is 1.96. The Hall–Kier alpha value is -2.14. The maximum Gasteiger partial charge on any atom is 0.229 e. The number of aromatic nitrogens is 1. The van der Waals surface area contributed by atoms with Gasteiger partial charge in [0.05, 0.1) is 12.5 Å². The molecule has 0 unspecified atom stereocenters. The first-order valence-electron chi connectivity index (χ1n) is 6.75. The van der Waals surface area contributed by atoms with E-state index in [2.05, 4.69) is 11.1 Å². The number of hydrogen-bond donors (Lipinski definition) is 1. The summed E-state index contributed by atoms with van der Waals surface area (Å²) >= 11 is 1.83. The van der Waals surface area contributed by atoms with Gasteiger partial charge in [-0.15, -0.1) is 11.8 Å². The zero-order valence-electron chi connectivity index (χ0n) is 11.6. The van der Waals surface area contributed by atoms with E-state index in [9.17, 15) is 0 Å². The minimum atomic E-state index is 0.595. The van der Waals surface area contributed by atoms with E-state index in [-0.39, 0.29) is 0 Å². The number of ether oxygens (including phenoxy) is 1. The molecule has 0 saturated heterocycles. The Kier molecular flexibility index (Phi) is 2.82. The van der Waals surface area contributed by atoms with Crippen LogP contribution >= 0.6 is 11.8 Å². The zero-order chi connectivity index (χ0) is 14.4. The summed E-state index contributed by atoms with van der Waals surface area (Å²) in [5.74, 6) is 3.29. The fourth-order valence-corrected chi connectivity index (χ4v) is 3.83. The fourth-order valence-electron chi connectivity index (χ4n) is 2.64. The van der Waals surface area contributed by atoms with Crippen LogP contribution in [0.5, 0.6) is 5.75 Å². The van der Waals surface area contributed by atoms with Crippen LogP contribution in [0.2, 0.25) is 0 Å².